The van der Waals surface area contributed by atoms with E-state index in [-0.39, 0.29) is 0 Å². The highest BCUT2D eigenvalue weighted by Gasteiger charge is 2.11. The summed E-state index contributed by atoms with van der Waals surface area (Å²) in [5.41, 5.74) is 18.2. The molecule has 0 aliphatic rings. The predicted molar refractivity (Wildman–Crippen MR) is 147 cm³/mol. The van der Waals surface area contributed by atoms with Gasteiger partial charge in [0.05, 0.1) is 0 Å². The summed E-state index contributed by atoms with van der Waals surface area (Å²) in [4.78, 5) is 4.76. The van der Waals surface area contributed by atoms with Gasteiger partial charge in [-0.25, -0.2) is 0 Å². The lowest BCUT2D eigenvalue weighted by Crippen LogP contribution is -2.19. The Balaban J connectivity index is 1.33. The predicted octanol–water partition coefficient (Wildman–Crippen LogP) is 7.39. The van der Waals surface area contributed by atoms with E-state index in [1.807, 2.05) is 24.3 Å². The molecule has 0 spiro atoms. The first kappa shape index (κ1) is 23.2. The molecule has 4 rings (SSSR count). The standard InChI is InChI=1S/C30H34N4/c31-25-15-19-29(20-16-25)33(27-11-5-3-6-12-27)23-9-1-2-10-24-34(28-13-7-4-8-14-28)30-21-17-26(32)18-22-30/h3-8,11-22H,1-2,9-10,23-24,31-32H2. The highest BCUT2D eigenvalue weighted by atomic mass is 15.1. The number of hydrogen-bond acceptors (Lipinski definition) is 4. The number of anilines is 6. The van der Waals surface area contributed by atoms with Crippen LogP contribution in [-0.4, -0.2) is 13.1 Å². The van der Waals surface area contributed by atoms with Crippen LogP contribution in [0.25, 0.3) is 0 Å². The number of hydrogen-bond donors (Lipinski definition) is 2. The monoisotopic (exact) mass is 450 g/mol. The Bertz CT molecular complexity index is 1020. The summed E-state index contributed by atoms with van der Waals surface area (Å²) in [6.45, 7) is 1.96. The molecule has 174 valence electrons. The van der Waals surface area contributed by atoms with E-state index in [1.54, 1.807) is 0 Å². The van der Waals surface area contributed by atoms with Gasteiger partial charge in [-0.15, -0.1) is 0 Å². The van der Waals surface area contributed by atoms with Crippen LogP contribution in [0, 0.1) is 0 Å². The van der Waals surface area contributed by atoms with Crippen molar-refractivity contribution in [1.82, 2.24) is 0 Å². The number of unbranched alkanes of at least 4 members (excludes halogenated alkanes) is 3. The molecule has 0 bridgehead atoms. The van der Waals surface area contributed by atoms with Crippen molar-refractivity contribution in [3.63, 3.8) is 0 Å². The van der Waals surface area contributed by atoms with Gasteiger partial charge < -0.3 is 21.3 Å². The first-order valence-corrected chi connectivity index (χ1v) is 12.1. The molecule has 0 saturated heterocycles. The minimum atomic E-state index is 0.792. The Morgan fingerprint density at radius 1 is 0.382 bits per heavy atom. The normalized spacial score (nSPS) is 10.7. The van der Waals surface area contributed by atoms with Crippen molar-refractivity contribution in [2.24, 2.45) is 0 Å². The number of para-hydroxylation sites is 2. The molecule has 4 N–H and O–H groups in total. The van der Waals surface area contributed by atoms with Crippen molar-refractivity contribution in [3.8, 4) is 0 Å². The SMILES string of the molecule is Nc1ccc(N(CCCCCCN(c2ccccc2)c2ccc(N)cc2)c2ccccc2)cc1. The average Bonchev–Trinajstić information content (AvgIpc) is 2.88. The van der Waals surface area contributed by atoms with Gasteiger partial charge in [0.1, 0.15) is 0 Å². The van der Waals surface area contributed by atoms with Gasteiger partial charge in [-0.2, -0.15) is 0 Å². The summed E-state index contributed by atoms with van der Waals surface area (Å²) in [5, 5.41) is 0. The quantitative estimate of drug-likeness (QED) is 0.185. The molecule has 0 atom stereocenters. The molecule has 4 aromatic rings. The summed E-state index contributed by atoms with van der Waals surface area (Å²) in [6.07, 6.45) is 4.63. The summed E-state index contributed by atoms with van der Waals surface area (Å²) in [5.74, 6) is 0. The summed E-state index contributed by atoms with van der Waals surface area (Å²) in [7, 11) is 0. The van der Waals surface area contributed by atoms with E-state index >= 15 is 0 Å². The van der Waals surface area contributed by atoms with Gasteiger partial charge >= 0.3 is 0 Å². The smallest absolute Gasteiger partial charge is 0.0412 e. The maximum Gasteiger partial charge on any atom is 0.0412 e. The Labute approximate surface area is 203 Å². The highest BCUT2D eigenvalue weighted by molar-refractivity contribution is 5.66. The van der Waals surface area contributed by atoms with Crippen LogP contribution in [0.3, 0.4) is 0 Å². The Morgan fingerprint density at radius 2 is 0.706 bits per heavy atom. The maximum absolute atomic E-state index is 5.91. The Morgan fingerprint density at radius 3 is 1.06 bits per heavy atom. The zero-order valence-electron chi connectivity index (χ0n) is 19.7. The van der Waals surface area contributed by atoms with Gasteiger partial charge in [0, 0.05) is 47.2 Å². The van der Waals surface area contributed by atoms with Crippen LogP contribution in [0.4, 0.5) is 34.1 Å². The third kappa shape index (κ3) is 6.32. The summed E-state index contributed by atoms with van der Waals surface area (Å²) >= 11 is 0. The van der Waals surface area contributed by atoms with Crippen LogP contribution in [0.2, 0.25) is 0 Å². The molecule has 34 heavy (non-hydrogen) atoms. The molecule has 0 amide bonds. The zero-order valence-corrected chi connectivity index (χ0v) is 19.7. The molecular weight excluding hydrogens is 416 g/mol. The third-order valence-corrected chi connectivity index (χ3v) is 6.06. The second-order valence-electron chi connectivity index (χ2n) is 8.57. The second-order valence-corrected chi connectivity index (χ2v) is 8.57. The van der Waals surface area contributed by atoms with E-state index in [9.17, 15) is 0 Å². The zero-order chi connectivity index (χ0) is 23.6. The van der Waals surface area contributed by atoms with Gasteiger partial charge in [-0.05, 0) is 85.6 Å². The van der Waals surface area contributed by atoms with E-state index in [1.165, 1.54) is 35.6 Å². The van der Waals surface area contributed by atoms with Crippen molar-refractivity contribution in [2.45, 2.75) is 25.7 Å². The lowest BCUT2D eigenvalue weighted by molar-refractivity contribution is 0.644. The lowest BCUT2D eigenvalue weighted by atomic mass is 10.1. The molecular formula is C30H34N4. The first-order chi connectivity index (χ1) is 16.7. The van der Waals surface area contributed by atoms with Gasteiger partial charge in [0.25, 0.3) is 0 Å². The van der Waals surface area contributed by atoms with E-state index in [0.29, 0.717) is 0 Å². The van der Waals surface area contributed by atoms with Gasteiger partial charge in [0.15, 0.2) is 0 Å². The highest BCUT2D eigenvalue weighted by Crippen LogP contribution is 2.28. The summed E-state index contributed by atoms with van der Waals surface area (Å²) in [6, 6.07) is 37.5. The molecule has 0 radical (unpaired) electrons. The molecule has 0 unspecified atom stereocenters. The van der Waals surface area contributed by atoms with Crippen molar-refractivity contribution in [2.75, 3.05) is 34.4 Å². The van der Waals surface area contributed by atoms with E-state index in [0.717, 1.165) is 37.3 Å². The molecule has 0 heterocycles. The van der Waals surface area contributed by atoms with Gasteiger partial charge in [0.2, 0.25) is 0 Å². The molecule has 4 nitrogen and oxygen atoms in total. The van der Waals surface area contributed by atoms with Crippen LogP contribution < -0.4 is 21.3 Å². The van der Waals surface area contributed by atoms with Crippen LogP contribution in [0.15, 0.2) is 109 Å². The fourth-order valence-corrected chi connectivity index (χ4v) is 4.23. The van der Waals surface area contributed by atoms with Gasteiger partial charge in [-0.1, -0.05) is 49.2 Å². The van der Waals surface area contributed by atoms with Crippen molar-refractivity contribution < 1.29 is 0 Å². The Kier molecular flexibility index (Phi) is 8.07. The first-order valence-electron chi connectivity index (χ1n) is 12.1. The van der Waals surface area contributed by atoms with Crippen LogP contribution in [0.1, 0.15) is 25.7 Å². The van der Waals surface area contributed by atoms with Crippen molar-refractivity contribution >= 4 is 34.1 Å². The Hall–Kier alpha value is -3.92. The van der Waals surface area contributed by atoms with E-state index in [2.05, 4.69) is 94.7 Å². The minimum Gasteiger partial charge on any atom is -0.399 e. The van der Waals surface area contributed by atoms with E-state index in [4.69, 9.17) is 11.5 Å². The topological polar surface area (TPSA) is 58.5 Å². The second kappa shape index (κ2) is 11.8. The molecule has 0 aliphatic carbocycles. The van der Waals surface area contributed by atoms with Crippen molar-refractivity contribution in [3.05, 3.63) is 109 Å². The number of nitrogens with zero attached hydrogens (tertiary/aromatic N) is 2. The lowest BCUT2D eigenvalue weighted by Gasteiger charge is -2.26. The maximum atomic E-state index is 5.91. The van der Waals surface area contributed by atoms with Crippen LogP contribution >= 0.6 is 0 Å². The van der Waals surface area contributed by atoms with E-state index < -0.39 is 0 Å². The molecule has 0 fully saturated rings. The van der Waals surface area contributed by atoms with Crippen molar-refractivity contribution in [1.29, 1.82) is 0 Å². The molecule has 0 saturated carbocycles. The number of rotatable bonds is 11. The van der Waals surface area contributed by atoms with Crippen LogP contribution in [-0.2, 0) is 0 Å². The minimum absolute atomic E-state index is 0.792. The molecule has 4 aromatic carbocycles. The number of nitrogen functional groups attached to an aromatic ring is 2. The third-order valence-electron chi connectivity index (χ3n) is 6.06. The fourth-order valence-electron chi connectivity index (χ4n) is 4.23. The number of nitrogens with two attached hydrogens (primary N) is 2. The van der Waals surface area contributed by atoms with Crippen LogP contribution in [0.5, 0.6) is 0 Å². The molecule has 0 aromatic heterocycles. The molecule has 4 heteroatoms. The van der Waals surface area contributed by atoms with Gasteiger partial charge in [-0.3, -0.25) is 0 Å². The fraction of sp³-hybridized carbons (Fsp3) is 0.200. The molecule has 0 aliphatic heterocycles. The average molecular weight is 451 g/mol. The largest absolute Gasteiger partial charge is 0.399 e. The number of benzene rings is 4. The summed E-state index contributed by atoms with van der Waals surface area (Å²) < 4.78 is 0.